The summed E-state index contributed by atoms with van der Waals surface area (Å²) in [5.74, 6) is 0. The summed E-state index contributed by atoms with van der Waals surface area (Å²) in [6, 6.07) is 0. The van der Waals surface area contributed by atoms with E-state index < -0.39 is 24.2 Å². The van der Waals surface area contributed by atoms with Crippen LogP contribution in [0.2, 0.25) is 58.9 Å². The van der Waals surface area contributed by atoms with Gasteiger partial charge in [-0.2, -0.15) is 0 Å². The molecule has 0 spiro atoms. The Balaban J connectivity index is -0.000000240. The monoisotopic (exact) mass is 288 g/mol. The predicted molar refractivity (Wildman–Crippen MR) is 91.9 cm³/mol. The average Bonchev–Trinajstić information content (AvgIpc) is 1.44. The smallest absolute Gasteiger partial charge is 0.358 e. The molecule has 0 fully saturated rings. The van der Waals surface area contributed by atoms with Crippen LogP contribution in [0.3, 0.4) is 0 Å². The Morgan fingerprint density at radius 3 is 0.625 bits per heavy atom. The molecule has 0 saturated heterocycles. The van der Waals surface area contributed by atoms with Gasteiger partial charge in [-0.05, 0) is 0 Å². The van der Waals surface area contributed by atoms with E-state index in [-0.39, 0.29) is 32.2 Å². The van der Waals surface area contributed by atoms with Crippen LogP contribution in [0.1, 0.15) is 0 Å². The van der Waals surface area contributed by atoms with Crippen molar-refractivity contribution in [2.75, 3.05) is 0 Å². The molecule has 96 valence electrons. The molecule has 0 aliphatic heterocycles. The molecule has 0 aliphatic rings. The fourth-order valence-corrected chi connectivity index (χ4v) is 30.4. The zero-order chi connectivity index (χ0) is 11.1. The van der Waals surface area contributed by atoms with Crippen molar-refractivity contribution in [1.29, 1.82) is 0 Å². The molecule has 0 heterocycles. The van der Waals surface area contributed by atoms with Crippen LogP contribution < -0.4 is 0 Å². The van der Waals surface area contributed by atoms with Crippen LogP contribution in [0, 0.1) is 19.6 Å². The van der Waals surface area contributed by atoms with Gasteiger partial charge in [0.1, 0.15) is 0 Å². The van der Waals surface area contributed by atoms with Gasteiger partial charge in [-0.3, -0.25) is 0 Å². The quantitative estimate of drug-likeness (QED) is 0.521. The summed E-state index contributed by atoms with van der Waals surface area (Å²) >= 11 is 0. The van der Waals surface area contributed by atoms with Crippen LogP contribution in [0.25, 0.3) is 0 Å². The summed E-state index contributed by atoms with van der Waals surface area (Å²) in [4.78, 5) is 2.06. The maximum atomic E-state index is 2.53. The first-order valence-electron chi connectivity index (χ1n) is 5.25. The minimum Gasteiger partial charge on any atom is -0.358 e. The van der Waals surface area contributed by atoms with Gasteiger partial charge in [-0.1, -0.05) is 58.9 Å². The van der Waals surface area contributed by atoms with E-state index in [4.69, 9.17) is 0 Å². The molecule has 16 heavy (non-hydrogen) atoms. The molecule has 0 bridgehead atoms. The molecule has 4 heteroatoms. The average molecular weight is 289 g/mol. The summed E-state index contributed by atoms with van der Waals surface area (Å²) in [6.45, 7) is 22.7. The van der Waals surface area contributed by atoms with E-state index >= 15 is 0 Å². The minimum absolute atomic E-state index is 0. The van der Waals surface area contributed by atoms with Crippen molar-refractivity contribution in [3.8, 4) is 0 Å². The van der Waals surface area contributed by atoms with Crippen molar-refractivity contribution in [3.63, 3.8) is 0 Å². The predicted octanol–water partition coefficient (Wildman–Crippen LogP) is 4.71. The molecule has 0 atom stereocenters. The third kappa shape index (κ3) is 8.30. The molecule has 0 saturated carbocycles. The summed E-state index contributed by atoms with van der Waals surface area (Å²) in [5, 5.41) is 0. The van der Waals surface area contributed by atoms with Crippen LogP contribution in [-0.2, 0) is 0 Å². The second kappa shape index (κ2) is 7.58. The SMILES string of the molecule is C[Si](C)(C)[C-]([Si](C)(C)C)[Si](C)(C)C.[Al+3].[CH3-].[CH3-]. The van der Waals surface area contributed by atoms with E-state index in [1.165, 1.54) is 0 Å². The normalized spacial score (nSPS) is 12.4. The Kier molecular flexibility index (Phi) is 12.3. The topological polar surface area (TPSA) is 0 Å². The first-order chi connectivity index (χ1) is 5.37. The maximum Gasteiger partial charge on any atom is 3.00 e. The van der Waals surface area contributed by atoms with Gasteiger partial charge in [0.2, 0.25) is 0 Å². The Morgan fingerprint density at radius 2 is 0.625 bits per heavy atom. The van der Waals surface area contributed by atoms with Gasteiger partial charge in [0.05, 0.1) is 0 Å². The summed E-state index contributed by atoms with van der Waals surface area (Å²) in [6.07, 6.45) is 0. The molecule has 0 N–H and O–H groups in total. The third-order valence-electron chi connectivity index (χ3n) is 2.25. The van der Waals surface area contributed by atoms with E-state index in [1.807, 2.05) is 0 Å². The van der Waals surface area contributed by atoms with Gasteiger partial charge in [-0.25, -0.2) is 0 Å². The zero-order valence-electron chi connectivity index (χ0n) is 13.6. The summed E-state index contributed by atoms with van der Waals surface area (Å²) in [5.41, 5.74) is 0. The molecule has 0 unspecified atom stereocenters. The molecular formula is C12H33AlSi3. The van der Waals surface area contributed by atoms with Crippen molar-refractivity contribution >= 4 is 41.6 Å². The Bertz CT molecular complexity index is 139. The first-order valence-corrected chi connectivity index (χ1v) is 15.8. The summed E-state index contributed by atoms with van der Waals surface area (Å²) in [7, 11) is -3.05. The molecule has 0 nitrogen and oxygen atoms in total. The fourth-order valence-electron chi connectivity index (χ4n) is 3.38. The van der Waals surface area contributed by atoms with Crippen LogP contribution in [0.5, 0.6) is 0 Å². The van der Waals surface area contributed by atoms with Gasteiger partial charge in [0.15, 0.2) is 0 Å². The fraction of sp³-hybridized carbons (Fsp3) is 0.750. The van der Waals surface area contributed by atoms with Crippen molar-refractivity contribution in [1.82, 2.24) is 0 Å². The van der Waals surface area contributed by atoms with E-state index in [9.17, 15) is 0 Å². The van der Waals surface area contributed by atoms with Crippen molar-refractivity contribution in [2.24, 2.45) is 0 Å². The second-order valence-corrected chi connectivity index (χ2v) is 23.6. The van der Waals surface area contributed by atoms with E-state index in [2.05, 4.69) is 63.7 Å². The number of hydrogen-bond acceptors (Lipinski definition) is 0. The van der Waals surface area contributed by atoms with Gasteiger partial charge in [0, 0.05) is 0 Å². The largest absolute Gasteiger partial charge is 3.00 e. The van der Waals surface area contributed by atoms with Gasteiger partial charge in [-0.15, -0.1) is 24.2 Å². The number of rotatable bonds is 3. The van der Waals surface area contributed by atoms with E-state index in [1.54, 1.807) is 0 Å². The van der Waals surface area contributed by atoms with Crippen molar-refractivity contribution in [3.05, 3.63) is 19.6 Å². The molecule has 0 aromatic heterocycles. The van der Waals surface area contributed by atoms with Crippen LogP contribution >= 0.6 is 0 Å². The van der Waals surface area contributed by atoms with Gasteiger partial charge in [0.25, 0.3) is 0 Å². The Morgan fingerprint density at radius 1 is 0.500 bits per heavy atom. The Hall–Kier alpha value is 1.18. The van der Waals surface area contributed by atoms with E-state index in [0.717, 1.165) is 0 Å². The molecule has 0 radical (unpaired) electrons. The van der Waals surface area contributed by atoms with Gasteiger partial charge < -0.3 is 19.6 Å². The zero-order valence-corrected chi connectivity index (χ0v) is 17.7. The molecule has 0 aromatic rings. The minimum atomic E-state index is -1.02. The first kappa shape index (κ1) is 25.9. The molecule has 0 aromatic carbocycles. The molecular weight excluding hydrogens is 255 g/mol. The van der Waals surface area contributed by atoms with Gasteiger partial charge >= 0.3 is 17.4 Å². The second-order valence-electron chi connectivity index (χ2n) is 7.12. The third-order valence-corrected chi connectivity index (χ3v) is 20.2. The molecule has 0 amide bonds. The van der Waals surface area contributed by atoms with Crippen molar-refractivity contribution < 1.29 is 0 Å². The van der Waals surface area contributed by atoms with Crippen LogP contribution in [0.4, 0.5) is 0 Å². The van der Waals surface area contributed by atoms with Crippen molar-refractivity contribution in [2.45, 2.75) is 58.9 Å². The molecule has 0 rings (SSSR count). The maximum absolute atomic E-state index is 2.53. The number of hydrogen-bond donors (Lipinski definition) is 0. The molecule has 0 aliphatic carbocycles. The summed E-state index contributed by atoms with van der Waals surface area (Å²) < 4.78 is 0. The van der Waals surface area contributed by atoms with Crippen LogP contribution in [-0.4, -0.2) is 41.6 Å². The standard InChI is InChI=1S/C10H27Si3.2CH3.Al/c1-11(2,3)10(12(4,5)6)13(7,8)9;;;/h1-9H3;2*1H3;/q3*-1;+3. The van der Waals surface area contributed by atoms with Crippen LogP contribution in [0.15, 0.2) is 0 Å². The Labute approximate surface area is 120 Å². The van der Waals surface area contributed by atoms with E-state index in [0.29, 0.717) is 0 Å².